The average molecular weight is 351 g/mol. The third kappa shape index (κ3) is 3.89. The van der Waals surface area contributed by atoms with E-state index in [1.807, 2.05) is 35.2 Å². The molecule has 0 unspecified atom stereocenters. The van der Waals surface area contributed by atoms with Gasteiger partial charge in [0.25, 0.3) is 0 Å². The summed E-state index contributed by atoms with van der Waals surface area (Å²) in [7, 11) is 0. The van der Waals surface area contributed by atoms with Gasteiger partial charge in [0.2, 0.25) is 17.6 Å². The molecule has 0 radical (unpaired) electrons. The minimum atomic E-state index is -0.679. The summed E-state index contributed by atoms with van der Waals surface area (Å²) in [4.78, 5) is 17.3. The molecule has 0 saturated carbocycles. The molecule has 8 heteroatoms. The first kappa shape index (κ1) is 17.6. The van der Waals surface area contributed by atoms with Gasteiger partial charge >= 0.3 is 0 Å². The lowest BCUT2D eigenvalue weighted by atomic mass is 10.0. The number of nitrogens with zero attached hydrogens (tertiary/aromatic N) is 4. The number of rotatable bonds is 5. The number of amides is 1. The van der Waals surface area contributed by atoms with Gasteiger partial charge in [-0.05, 0) is 17.7 Å². The summed E-state index contributed by atoms with van der Waals surface area (Å²) in [6.07, 6.45) is 1.21. The van der Waals surface area contributed by atoms with Crippen molar-refractivity contribution in [2.45, 2.75) is 18.6 Å². The van der Waals surface area contributed by atoms with Crippen molar-refractivity contribution in [1.29, 1.82) is 10.5 Å². The van der Waals surface area contributed by atoms with E-state index >= 15 is 0 Å². The maximum absolute atomic E-state index is 11.3. The molecule has 2 atom stereocenters. The second-order valence-corrected chi connectivity index (χ2v) is 5.94. The minimum absolute atomic E-state index is 0.157. The lowest BCUT2D eigenvalue weighted by molar-refractivity contribution is -0.135. The number of carbonyl (C=O) groups is 1. The number of hydrogen-bond acceptors (Lipinski definition) is 7. The van der Waals surface area contributed by atoms with Gasteiger partial charge < -0.3 is 14.9 Å². The SMILES string of the molecule is N#Cc1cnc(-c2ccc(C[C@@H](C#N)N3CCO[C@H](C(N)=O)C3)cc2)o1. The highest BCUT2D eigenvalue weighted by atomic mass is 16.5. The first-order chi connectivity index (χ1) is 12.6. The van der Waals surface area contributed by atoms with Gasteiger partial charge in [0.05, 0.1) is 18.9 Å². The predicted octanol–water partition coefficient (Wildman–Crippen LogP) is 0.834. The summed E-state index contributed by atoms with van der Waals surface area (Å²) in [5, 5.41) is 18.3. The molecule has 1 aliphatic heterocycles. The average Bonchev–Trinajstić information content (AvgIpc) is 3.16. The fourth-order valence-electron chi connectivity index (χ4n) is 2.85. The van der Waals surface area contributed by atoms with Crippen LogP contribution in [0.5, 0.6) is 0 Å². The summed E-state index contributed by atoms with van der Waals surface area (Å²) in [5.41, 5.74) is 7.02. The zero-order chi connectivity index (χ0) is 18.5. The van der Waals surface area contributed by atoms with E-state index in [-0.39, 0.29) is 11.8 Å². The van der Waals surface area contributed by atoms with Crippen LogP contribution in [0.25, 0.3) is 11.5 Å². The maximum Gasteiger partial charge on any atom is 0.247 e. The molecule has 1 aromatic carbocycles. The van der Waals surface area contributed by atoms with Crippen molar-refractivity contribution in [3.63, 3.8) is 0 Å². The Kier molecular flexibility index (Phi) is 5.28. The molecule has 0 spiro atoms. The van der Waals surface area contributed by atoms with Gasteiger partial charge in [-0.15, -0.1) is 0 Å². The summed E-state index contributed by atoms with van der Waals surface area (Å²) in [6.45, 7) is 1.27. The Morgan fingerprint density at radius 2 is 2.15 bits per heavy atom. The monoisotopic (exact) mass is 351 g/mol. The quantitative estimate of drug-likeness (QED) is 0.844. The summed E-state index contributed by atoms with van der Waals surface area (Å²) < 4.78 is 10.6. The van der Waals surface area contributed by atoms with E-state index in [1.54, 1.807) is 0 Å². The third-order valence-electron chi connectivity index (χ3n) is 4.25. The molecule has 1 aliphatic rings. The number of oxazole rings is 1. The van der Waals surface area contributed by atoms with Crippen molar-refractivity contribution in [3.8, 4) is 23.6 Å². The maximum atomic E-state index is 11.3. The van der Waals surface area contributed by atoms with Gasteiger partial charge in [0, 0.05) is 25.1 Å². The highest BCUT2D eigenvalue weighted by Crippen LogP contribution is 2.21. The summed E-state index contributed by atoms with van der Waals surface area (Å²) >= 11 is 0. The molecule has 26 heavy (non-hydrogen) atoms. The van der Waals surface area contributed by atoms with Crippen LogP contribution in [-0.4, -0.2) is 47.6 Å². The standard InChI is InChI=1S/C18H17N5O3/c19-8-14(23-5-6-25-16(11-23)17(21)24)7-12-1-3-13(4-2-12)18-22-10-15(9-20)26-18/h1-4,10,14,16H,5-7,11H2,(H2,21,24)/t14-,16-/m0/s1. The van der Waals surface area contributed by atoms with Crippen LogP contribution >= 0.6 is 0 Å². The predicted molar refractivity (Wildman–Crippen MR) is 90.3 cm³/mol. The van der Waals surface area contributed by atoms with Crippen molar-refractivity contribution in [2.24, 2.45) is 5.73 Å². The van der Waals surface area contributed by atoms with Crippen LogP contribution in [-0.2, 0) is 16.0 Å². The van der Waals surface area contributed by atoms with E-state index in [0.717, 1.165) is 11.1 Å². The van der Waals surface area contributed by atoms with Crippen LogP contribution in [0.1, 0.15) is 11.3 Å². The van der Waals surface area contributed by atoms with Crippen molar-refractivity contribution < 1.29 is 13.9 Å². The molecule has 132 valence electrons. The van der Waals surface area contributed by atoms with Gasteiger partial charge in [-0.25, -0.2) is 4.98 Å². The molecule has 0 aliphatic carbocycles. The van der Waals surface area contributed by atoms with E-state index in [4.69, 9.17) is 20.1 Å². The zero-order valence-electron chi connectivity index (χ0n) is 14.0. The van der Waals surface area contributed by atoms with Crippen molar-refractivity contribution in [2.75, 3.05) is 19.7 Å². The molecule has 1 amide bonds. The number of aromatic nitrogens is 1. The number of hydrogen-bond donors (Lipinski definition) is 1. The highest BCUT2D eigenvalue weighted by molar-refractivity contribution is 5.79. The summed E-state index contributed by atoms with van der Waals surface area (Å²) in [6, 6.07) is 11.3. The van der Waals surface area contributed by atoms with E-state index < -0.39 is 12.0 Å². The normalized spacial score (nSPS) is 18.6. The van der Waals surface area contributed by atoms with Gasteiger partial charge in [-0.3, -0.25) is 9.69 Å². The zero-order valence-corrected chi connectivity index (χ0v) is 14.0. The molecule has 1 fully saturated rings. The second-order valence-electron chi connectivity index (χ2n) is 5.94. The molecule has 2 N–H and O–H groups in total. The van der Waals surface area contributed by atoms with E-state index in [2.05, 4.69) is 11.1 Å². The molecule has 2 aromatic rings. The number of benzene rings is 1. The second kappa shape index (κ2) is 7.79. The van der Waals surface area contributed by atoms with Gasteiger partial charge in [0.1, 0.15) is 18.2 Å². The number of carbonyl (C=O) groups excluding carboxylic acids is 1. The minimum Gasteiger partial charge on any atom is -0.426 e. The number of ether oxygens (including phenoxy) is 1. The molecule has 1 saturated heterocycles. The lowest BCUT2D eigenvalue weighted by Gasteiger charge is -2.34. The molecule has 1 aromatic heterocycles. The Balaban J connectivity index is 1.68. The fourth-order valence-corrected chi connectivity index (χ4v) is 2.85. The van der Waals surface area contributed by atoms with Crippen molar-refractivity contribution >= 4 is 5.91 Å². The summed E-state index contributed by atoms with van der Waals surface area (Å²) in [5.74, 6) is 0.0192. The molecule has 3 rings (SSSR count). The van der Waals surface area contributed by atoms with E-state index in [9.17, 15) is 10.1 Å². The van der Waals surface area contributed by atoms with Crippen LogP contribution in [0.3, 0.4) is 0 Å². The van der Waals surface area contributed by atoms with Crippen LogP contribution in [0, 0.1) is 22.7 Å². The lowest BCUT2D eigenvalue weighted by Crippen LogP contribution is -2.52. The van der Waals surface area contributed by atoms with Crippen LogP contribution < -0.4 is 5.73 Å². The Hall–Kier alpha value is -3.20. The van der Waals surface area contributed by atoms with Crippen LogP contribution in [0.2, 0.25) is 0 Å². The smallest absolute Gasteiger partial charge is 0.247 e. The molecule has 0 bridgehead atoms. The molecular formula is C18H17N5O3. The Morgan fingerprint density at radius 1 is 1.38 bits per heavy atom. The molecular weight excluding hydrogens is 334 g/mol. The van der Waals surface area contributed by atoms with Gasteiger partial charge in [-0.1, -0.05) is 12.1 Å². The van der Waals surface area contributed by atoms with Crippen molar-refractivity contribution in [1.82, 2.24) is 9.88 Å². The van der Waals surface area contributed by atoms with Crippen LogP contribution in [0.15, 0.2) is 34.9 Å². The largest absolute Gasteiger partial charge is 0.426 e. The van der Waals surface area contributed by atoms with Crippen molar-refractivity contribution in [3.05, 3.63) is 41.8 Å². The fraction of sp³-hybridized carbons (Fsp3) is 0.333. The first-order valence-corrected chi connectivity index (χ1v) is 8.10. The Bertz CT molecular complexity index is 862. The number of morpholine rings is 1. The van der Waals surface area contributed by atoms with E-state index in [0.29, 0.717) is 32.0 Å². The van der Waals surface area contributed by atoms with Gasteiger partial charge in [0.15, 0.2) is 0 Å². The molecule has 2 heterocycles. The highest BCUT2D eigenvalue weighted by Gasteiger charge is 2.29. The first-order valence-electron chi connectivity index (χ1n) is 8.10. The Labute approximate surface area is 150 Å². The number of primary amides is 1. The molecule has 8 nitrogen and oxygen atoms in total. The van der Waals surface area contributed by atoms with Crippen LogP contribution in [0.4, 0.5) is 0 Å². The Morgan fingerprint density at radius 3 is 2.77 bits per heavy atom. The third-order valence-corrected chi connectivity index (χ3v) is 4.25. The number of nitrogens with two attached hydrogens (primary N) is 1. The number of nitriles is 2. The topological polar surface area (TPSA) is 129 Å². The van der Waals surface area contributed by atoms with Gasteiger partial charge in [-0.2, -0.15) is 10.5 Å². The van der Waals surface area contributed by atoms with E-state index in [1.165, 1.54) is 6.20 Å².